The van der Waals surface area contributed by atoms with Crippen molar-refractivity contribution in [1.29, 1.82) is 5.26 Å². The Morgan fingerprint density at radius 2 is 2.17 bits per heavy atom. The van der Waals surface area contributed by atoms with Gasteiger partial charge in [0.15, 0.2) is 0 Å². The highest BCUT2D eigenvalue weighted by Gasteiger charge is 2.33. The summed E-state index contributed by atoms with van der Waals surface area (Å²) < 4.78 is 0. The highest BCUT2D eigenvalue weighted by Crippen LogP contribution is 2.31. The van der Waals surface area contributed by atoms with Crippen LogP contribution in [0.1, 0.15) is 32.1 Å². The van der Waals surface area contributed by atoms with Crippen molar-refractivity contribution < 1.29 is 0 Å². The third-order valence-corrected chi connectivity index (χ3v) is 4.25. The van der Waals surface area contributed by atoms with E-state index in [9.17, 15) is 5.26 Å². The maximum absolute atomic E-state index is 9.54. The Bertz CT molecular complexity index is 447. The first-order valence-corrected chi connectivity index (χ1v) is 6.98. The fraction of sp³-hybridized carbons (Fsp3) is 0.600. The fourth-order valence-corrected chi connectivity index (χ4v) is 3.31. The first-order chi connectivity index (χ1) is 8.90. The van der Waals surface area contributed by atoms with Gasteiger partial charge in [0.2, 0.25) is 0 Å². The van der Waals surface area contributed by atoms with Gasteiger partial charge in [-0.05, 0) is 18.8 Å². The molecule has 0 aromatic rings. The molecule has 0 spiro atoms. The molecule has 3 rings (SSSR count). The molecule has 18 heavy (non-hydrogen) atoms. The number of rotatable bonds is 2. The quantitative estimate of drug-likeness (QED) is 0.745. The van der Waals surface area contributed by atoms with Crippen LogP contribution in [-0.4, -0.2) is 29.9 Å². The number of nitrogens with zero attached hydrogens (tertiary/aromatic N) is 3. The molecule has 0 saturated heterocycles. The Hall–Kier alpha value is -1.56. The molecule has 1 unspecified atom stereocenters. The normalized spacial score (nSPS) is 25.2. The lowest BCUT2D eigenvalue weighted by atomic mass is 9.83. The second-order valence-electron chi connectivity index (χ2n) is 5.35. The summed E-state index contributed by atoms with van der Waals surface area (Å²) in [6, 6.07) is 2.55. The molecule has 1 aliphatic carbocycles. The molecule has 2 heterocycles. The highest BCUT2D eigenvalue weighted by atomic mass is 15.2. The van der Waals surface area contributed by atoms with Crippen molar-refractivity contribution in [3.63, 3.8) is 0 Å². The molecule has 94 valence electrons. The summed E-state index contributed by atoms with van der Waals surface area (Å²) in [6.45, 7) is 1.61. The van der Waals surface area contributed by atoms with Crippen molar-refractivity contribution in [3.8, 4) is 6.07 Å². The Labute approximate surface area is 108 Å². The molecule has 2 aliphatic heterocycles. The zero-order valence-corrected chi connectivity index (χ0v) is 10.7. The first-order valence-electron chi connectivity index (χ1n) is 6.98. The van der Waals surface area contributed by atoms with Gasteiger partial charge in [-0.15, -0.1) is 0 Å². The largest absolute Gasteiger partial charge is 0.336 e. The van der Waals surface area contributed by atoms with Crippen LogP contribution in [0.3, 0.4) is 0 Å². The Kier molecular flexibility index (Phi) is 3.19. The maximum Gasteiger partial charge on any atom is 0.132 e. The molecule has 0 aromatic carbocycles. The van der Waals surface area contributed by atoms with Crippen LogP contribution >= 0.6 is 0 Å². The minimum absolute atomic E-state index is 0.0179. The van der Waals surface area contributed by atoms with Crippen LogP contribution in [0.5, 0.6) is 0 Å². The zero-order chi connectivity index (χ0) is 12.4. The van der Waals surface area contributed by atoms with E-state index in [1.54, 1.807) is 0 Å². The van der Waals surface area contributed by atoms with Crippen molar-refractivity contribution in [2.45, 2.75) is 38.1 Å². The number of hydrogen-bond donors (Lipinski definition) is 0. The minimum Gasteiger partial charge on any atom is -0.336 e. The number of fused-ring (bicyclic) bond motifs is 1. The van der Waals surface area contributed by atoms with Gasteiger partial charge < -0.3 is 4.90 Å². The molecule has 0 radical (unpaired) electrons. The van der Waals surface area contributed by atoms with E-state index in [-0.39, 0.29) is 6.04 Å². The van der Waals surface area contributed by atoms with Gasteiger partial charge >= 0.3 is 0 Å². The van der Waals surface area contributed by atoms with E-state index in [2.05, 4.69) is 34.2 Å². The number of nitriles is 1. The van der Waals surface area contributed by atoms with Gasteiger partial charge in [-0.25, -0.2) is 0 Å². The van der Waals surface area contributed by atoms with Crippen molar-refractivity contribution in [2.75, 3.05) is 13.1 Å². The monoisotopic (exact) mass is 241 g/mol. The first kappa shape index (κ1) is 11.5. The molecule has 1 saturated carbocycles. The Morgan fingerprint density at radius 1 is 1.33 bits per heavy atom. The van der Waals surface area contributed by atoms with Crippen molar-refractivity contribution in [2.24, 2.45) is 10.9 Å². The lowest BCUT2D eigenvalue weighted by Gasteiger charge is -2.34. The summed E-state index contributed by atoms with van der Waals surface area (Å²) >= 11 is 0. The minimum atomic E-state index is 0.0179. The van der Waals surface area contributed by atoms with Gasteiger partial charge in [0, 0.05) is 12.1 Å². The SMILES string of the molecule is N#CC(C1CCCCC1)N1CC=C2C=CCN=C21. The highest BCUT2D eigenvalue weighted by molar-refractivity contribution is 6.04. The maximum atomic E-state index is 9.54. The van der Waals surface area contributed by atoms with Gasteiger partial charge in [0.1, 0.15) is 11.9 Å². The van der Waals surface area contributed by atoms with Crippen molar-refractivity contribution in [1.82, 2.24) is 4.90 Å². The average Bonchev–Trinajstić information content (AvgIpc) is 2.85. The molecular weight excluding hydrogens is 222 g/mol. The molecule has 0 aromatic heterocycles. The molecule has 3 aliphatic rings. The van der Waals surface area contributed by atoms with Crippen molar-refractivity contribution in [3.05, 3.63) is 23.8 Å². The fourth-order valence-electron chi connectivity index (χ4n) is 3.31. The molecule has 0 bridgehead atoms. The molecule has 3 nitrogen and oxygen atoms in total. The van der Waals surface area contributed by atoms with Gasteiger partial charge in [0.05, 0.1) is 12.6 Å². The van der Waals surface area contributed by atoms with Gasteiger partial charge in [-0.1, -0.05) is 37.5 Å². The van der Waals surface area contributed by atoms with Gasteiger partial charge in [-0.3, -0.25) is 4.99 Å². The summed E-state index contributed by atoms with van der Waals surface area (Å²) in [4.78, 5) is 6.79. The summed E-state index contributed by atoms with van der Waals surface area (Å²) in [5.74, 6) is 1.58. The predicted octanol–water partition coefficient (Wildman–Crippen LogP) is 2.67. The summed E-state index contributed by atoms with van der Waals surface area (Å²) in [7, 11) is 0. The van der Waals surface area contributed by atoms with E-state index < -0.39 is 0 Å². The van der Waals surface area contributed by atoms with Crippen LogP contribution in [-0.2, 0) is 0 Å². The van der Waals surface area contributed by atoms with E-state index in [1.807, 2.05) is 0 Å². The van der Waals surface area contributed by atoms with Crippen LogP contribution in [0.15, 0.2) is 28.8 Å². The third-order valence-electron chi connectivity index (χ3n) is 4.25. The topological polar surface area (TPSA) is 39.4 Å². The average molecular weight is 241 g/mol. The predicted molar refractivity (Wildman–Crippen MR) is 72.2 cm³/mol. The lowest BCUT2D eigenvalue weighted by Crippen LogP contribution is -2.42. The number of hydrogen-bond acceptors (Lipinski definition) is 3. The smallest absolute Gasteiger partial charge is 0.132 e. The van der Waals surface area contributed by atoms with Crippen LogP contribution in [0.4, 0.5) is 0 Å². The van der Waals surface area contributed by atoms with Crippen LogP contribution < -0.4 is 0 Å². The van der Waals surface area contributed by atoms with Gasteiger partial charge in [-0.2, -0.15) is 5.26 Å². The summed E-state index contributed by atoms with van der Waals surface area (Å²) in [5.41, 5.74) is 1.21. The Balaban J connectivity index is 1.77. The molecule has 0 amide bonds. The number of dihydropyridines is 1. The summed E-state index contributed by atoms with van der Waals surface area (Å²) in [6.07, 6.45) is 12.7. The standard InChI is InChI=1S/C15H19N3/c16-11-14(12-5-2-1-3-6-12)18-10-8-13-7-4-9-17-15(13)18/h4,7-8,12,14H,1-3,5-6,9-10H2. The molecule has 3 heteroatoms. The number of amidine groups is 1. The van der Waals surface area contributed by atoms with E-state index in [0.29, 0.717) is 5.92 Å². The summed E-state index contributed by atoms with van der Waals surface area (Å²) in [5, 5.41) is 9.54. The van der Waals surface area contributed by atoms with E-state index in [4.69, 9.17) is 0 Å². The lowest BCUT2D eigenvalue weighted by molar-refractivity contribution is 0.239. The van der Waals surface area contributed by atoms with Crippen LogP contribution in [0, 0.1) is 17.2 Å². The molecular formula is C15H19N3. The van der Waals surface area contributed by atoms with E-state index >= 15 is 0 Å². The second-order valence-corrected chi connectivity index (χ2v) is 5.35. The Morgan fingerprint density at radius 3 is 2.94 bits per heavy atom. The number of aliphatic imine (C=N–C) groups is 1. The zero-order valence-electron chi connectivity index (χ0n) is 10.7. The molecule has 0 N–H and O–H groups in total. The van der Waals surface area contributed by atoms with Crippen LogP contribution in [0.2, 0.25) is 0 Å². The van der Waals surface area contributed by atoms with Crippen molar-refractivity contribution >= 4 is 5.84 Å². The van der Waals surface area contributed by atoms with E-state index in [0.717, 1.165) is 18.9 Å². The van der Waals surface area contributed by atoms with Crippen LogP contribution in [0.25, 0.3) is 0 Å². The third kappa shape index (κ3) is 1.96. The molecule has 1 fully saturated rings. The second kappa shape index (κ2) is 4.97. The molecule has 1 atom stereocenters. The van der Waals surface area contributed by atoms with Gasteiger partial charge in [0.25, 0.3) is 0 Å². The van der Waals surface area contributed by atoms with E-state index in [1.165, 1.54) is 37.7 Å².